The first-order valence-corrected chi connectivity index (χ1v) is 7.23. The van der Waals surface area contributed by atoms with E-state index < -0.39 is 35.6 Å². The van der Waals surface area contributed by atoms with Crippen LogP contribution in [0, 0.1) is 5.92 Å². The zero-order valence-electron chi connectivity index (χ0n) is 13.4. The summed E-state index contributed by atoms with van der Waals surface area (Å²) in [7, 11) is 0. The monoisotopic (exact) mass is 316 g/mol. The van der Waals surface area contributed by atoms with Gasteiger partial charge in [-0.15, -0.1) is 0 Å². The van der Waals surface area contributed by atoms with Crippen LogP contribution in [0.25, 0.3) is 0 Å². The molecule has 1 heterocycles. The molecule has 0 unspecified atom stereocenters. The molecule has 0 aromatic rings. The van der Waals surface area contributed by atoms with Gasteiger partial charge in [-0.3, -0.25) is 9.59 Å². The van der Waals surface area contributed by atoms with Gasteiger partial charge in [-0.2, -0.15) is 0 Å². The number of alkyl carbamates (subject to hydrolysis) is 1. The van der Waals surface area contributed by atoms with Crippen LogP contribution in [-0.2, 0) is 19.1 Å². The molecule has 0 spiro atoms. The van der Waals surface area contributed by atoms with Gasteiger partial charge in [0.2, 0.25) is 5.91 Å². The van der Waals surface area contributed by atoms with E-state index in [-0.39, 0.29) is 26.2 Å². The van der Waals surface area contributed by atoms with Crippen molar-refractivity contribution in [2.24, 2.45) is 5.92 Å². The fraction of sp³-hybridized carbons (Fsp3) is 0.786. The van der Waals surface area contributed by atoms with Crippen LogP contribution in [0.15, 0.2) is 0 Å². The maximum absolute atomic E-state index is 12.0. The van der Waals surface area contributed by atoms with E-state index in [9.17, 15) is 19.5 Å². The molecule has 8 heteroatoms. The third-order valence-corrected chi connectivity index (χ3v) is 3.01. The zero-order chi connectivity index (χ0) is 16.9. The molecule has 1 rings (SSSR count). The molecule has 1 aliphatic rings. The molecule has 2 amide bonds. The molecule has 2 atom stereocenters. The van der Waals surface area contributed by atoms with Crippen molar-refractivity contribution in [1.29, 1.82) is 0 Å². The molecule has 2 N–H and O–H groups in total. The van der Waals surface area contributed by atoms with Crippen molar-refractivity contribution in [2.45, 2.75) is 39.4 Å². The van der Waals surface area contributed by atoms with Gasteiger partial charge in [-0.25, -0.2) is 4.79 Å². The summed E-state index contributed by atoms with van der Waals surface area (Å²) in [6.07, 6.45) is -1.65. The van der Waals surface area contributed by atoms with Gasteiger partial charge in [0.05, 0.1) is 12.7 Å². The maximum atomic E-state index is 12.0. The van der Waals surface area contributed by atoms with Crippen LogP contribution in [-0.4, -0.2) is 65.9 Å². The van der Waals surface area contributed by atoms with Gasteiger partial charge in [0.25, 0.3) is 0 Å². The van der Waals surface area contributed by atoms with E-state index in [1.54, 1.807) is 27.7 Å². The zero-order valence-corrected chi connectivity index (χ0v) is 13.4. The number of aliphatic hydroxyl groups excluding tert-OH is 1. The number of nitrogens with zero attached hydrogens (tertiary/aromatic N) is 1. The van der Waals surface area contributed by atoms with E-state index in [0.717, 1.165) is 0 Å². The normalized spacial score (nSPS) is 21.4. The van der Waals surface area contributed by atoms with Crippen LogP contribution in [0.3, 0.4) is 0 Å². The Morgan fingerprint density at radius 1 is 1.27 bits per heavy atom. The van der Waals surface area contributed by atoms with Crippen LogP contribution < -0.4 is 5.32 Å². The molecule has 22 heavy (non-hydrogen) atoms. The Kier molecular flexibility index (Phi) is 6.16. The van der Waals surface area contributed by atoms with E-state index >= 15 is 0 Å². The molecule has 0 radical (unpaired) electrons. The fourth-order valence-corrected chi connectivity index (χ4v) is 2.04. The lowest BCUT2D eigenvalue weighted by molar-refractivity contribution is -0.150. The van der Waals surface area contributed by atoms with Gasteiger partial charge in [0.1, 0.15) is 18.1 Å². The molecule has 0 aromatic carbocycles. The van der Waals surface area contributed by atoms with Crippen LogP contribution in [0.2, 0.25) is 0 Å². The van der Waals surface area contributed by atoms with Gasteiger partial charge in [0.15, 0.2) is 0 Å². The minimum absolute atomic E-state index is 0.0400. The molecule has 1 fully saturated rings. The lowest BCUT2D eigenvalue weighted by Gasteiger charge is -2.20. The van der Waals surface area contributed by atoms with Crippen molar-refractivity contribution in [2.75, 3.05) is 26.2 Å². The maximum Gasteiger partial charge on any atom is 0.408 e. The molecule has 0 bridgehead atoms. The predicted molar refractivity (Wildman–Crippen MR) is 76.9 cm³/mol. The van der Waals surface area contributed by atoms with Crippen LogP contribution in [0.5, 0.6) is 0 Å². The number of rotatable bonds is 4. The van der Waals surface area contributed by atoms with Crippen LogP contribution in [0.4, 0.5) is 4.79 Å². The van der Waals surface area contributed by atoms with Crippen molar-refractivity contribution in [3.63, 3.8) is 0 Å². The summed E-state index contributed by atoms with van der Waals surface area (Å²) in [4.78, 5) is 36.4. The van der Waals surface area contributed by atoms with Gasteiger partial charge in [0, 0.05) is 13.1 Å². The molecule has 0 aliphatic carbocycles. The Morgan fingerprint density at radius 3 is 2.45 bits per heavy atom. The lowest BCUT2D eigenvalue weighted by atomic mass is 10.1. The summed E-state index contributed by atoms with van der Waals surface area (Å²) < 4.78 is 9.87. The van der Waals surface area contributed by atoms with Gasteiger partial charge in [-0.1, -0.05) is 0 Å². The Hall–Kier alpha value is -1.83. The molecular weight excluding hydrogens is 292 g/mol. The summed E-state index contributed by atoms with van der Waals surface area (Å²) in [6, 6.07) is 0. The number of aliphatic hydroxyl groups is 1. The van der Waals surface area contributed by atoms with Crippen molar-refractivity contribution in [1.82, 2.24) is 10.2 Å². The number of β-amino-alcohol motifs (C(OH)–C–C–N with tert-alkyl or cyclic N) is 1. The second-order valence-electron chi connectivity index (χ2n) is 6.08. The highest BCUT2D eigenvalue weighted by atomic mass is 16.6. The minimum Gasteiger partial charge on any atom is -0.466 e. The molecule has 1 saturated heterocycles. The van der Waals surface area contributed by atoms with Crippen molar-refractivity contribution in [3.8, 4) is 0 Å². The van der Waals surface area contributed by atoms with E-state index in [4.69, 9.17) is 9.47 Å². The molecular formula is C14H24N2O6. The number of likely N-dealkylation sites (tertiary alicyclic amines) is 1. The number of hydrogen-bond acceptors (Lipinski definition) is 6. The van der Waals surface area contributed by atoms with Gasteiger partial charge >= 0.3 is 12.1 Å². The number of hydrogen-bond donors (Lipinski definition) is 2. The third kappa shape index (κ3) is 5.51. The Morgan fingerprint density at radius 2 is 1.91 bits per heavy atom. The molecule has 8 nitrogen and oxygen atoms in total. The lowest BCUT2D eigenvalue weighted by Crippen LogP contribution is -2.41. The topological polar surface area (TPSA) is 105 Å². The first-order valence-electron chi connectivity index (χ1n) is 7.23. The average Bonchev–Trinajstić information content (AvgIpc) is 2.76. The summed E-state index contributed by atoms with van der Waals surface area (Å²) in [5.74, 6) is -1.66. The highest BCUT2D eigenvalue weighted by Gasteiger charge is 2.39. The SMILES string of the molecule is CCOC(=O)[C@@H]1CN(C(=O)CNC(=O)OC(C)(C)C)C[C@@H]1O. The Labute approximate surface area is 129 Å². The number of carbonyl (C=O) groups excluding carboxylic acids is 3. The van der Waals surface area contributed by atoms with E-state index in [0.29, 0.717) is 0 Å². The number of ether oxygens (including phenoxy) is 2. The number of nitrogens with one attached hydrogen (secondary N) is 1. The largest absolute Gasteiger partial charge is 0.466 e. The minimum atomic E-state index is -0.954. The third-order valence-electron chi connectivity index (χ3n) is 3.01. The smallest absolute Gasteiger partial charge is 0.408 e. The van der Waals surface area contributed by atoms with Crippen LogP contribution >= 0.6 is 0 Å². The Balaban J connectivity index is 2.44. The first-order chi connectivity index (χ1) is 10.1. The predicted octanol–water partition coefficient (Wildman–Crippen LogP) is -0.106. The molecule has 0 saturated carbocycles. The van der Waals surface area contributed by atoms with E-state index in [1.165, 1.54) is 4.90 Å². The molecule has 126 valence electrons. The summed E-state index contributed by atoms with van der Waals surface area (Å²) in [6.45, 7) is 6.91. The van der Waals surface area contributed by atoms with E-state index in [2.05, 4.69) is 5.32 Å². The quantitative estimate of drug-likeness (QED) is 0.701. The summed E-state index contributed by atoms with van der Waals surface area (Å²) in [5.41, 5.74) is -0.647. The van der Waals surface area contributed by atoms with Crippen molar-refractivity contribution >= 4 is 18.0 Å². The highest BCUT2D eigenvalue weighted by molar-refractivity contribution is 5.84. The molecule has 1 aliphatic heterocycles. The number of carbonyl (C=O) groups is 3. The standard InChI is InChI=1S/C14H24N2O6/c1-5-21-12(19)9-7-16(8-10(9)17)11(18)6-15-13(20)22-14(2,3)4/h9-10,17H,5-8H2,1-4H3,(H,15,20)/t9-,10+/m1/s1. The summed E-state index contributed by atoms with van der Waals surface area (Å²) >= 11 is 0. The van der Waals surface area contributed by atoms with Crippen LogP contribution in [0.1, 0.15) is 27.7 Å². The number of amides is 2. The second-order valence-corrected chi connectivity index (χ2v) is 6.08. The molecule has 0 aromatic heterocycles. The van der Waals surface area contributed by atoms with Gasteiger partial charge in [-0.05, 0) is 27.7 Å². The summed E-state index contributed by atoms with van der Waals surface area (Å²) in [5, 5.41) is 12.2. The van der Waals surface area contributed by atoms with Gasteiger partial charge < -0.3 is 24.8 Å². The van der Waals surface area contributed by atoms with E-state index in [1.807, 2.05) is 0 Å². The first kappa shape index (κ1) is 18.2. The average molecular weight is 316 g/mol. The van der Waals surface area contributed by atoms with Crippen molar-refractivity contribution in [3.05, 3.63) is 0 Å². The van der Waals surface area contributed by atoms with Crippen molar-refractivity contribution < 1.29 is 29.0 Å². The number of esters is 1. The fourth-order valence-electron chi connectivity index (χ4n) is 2.04. The Bertz CT molecular complexity index is 432. The highest BCUT2D eigenvalue weighted by Crippen LogP contribution is 2.18. The second kappa shape index (κ2) is 7.44.